The number of nitrogens with zero attached hydrogens (tertiary/aromatic N) is 2. The summed E-state index contributed by atoms with van der Waals surface area (Å²) < 4.78 is 34.9. The molecule has 1 aromatic carbocycles. The van der Waals surface area contributed by atoms with Crippen LogP contribution in [0.15, 0.2) is 46.0 Å². The summed E-state index contributed by atoms with van der Waals surface area (Å²) in [6, 6.07) is 9.66. The summed E-state index contributed by atoms with van der Waals surface area (Å²) in [5.41, 5.74) is 1.60. The van der Waals surface area contributed by atoms with E-state index in [1.54, 1.807) is 6.26 Å². The summed E-state index contributed by atoms with van der Waals surface area (Å²) in [5, 5.41) is 6.35. The van der Waals surface area contributed by atoms with Crippen molar-refractivity contribution in [3.63, 3.8) is 0 Å². The molecule has 166 valence electrons. The molecule has 0 aliphatic carbocycles. The highest BCUT2D eigenvalue weighted by atomic mass is 127. The number of sulfone groups is 1. The monoisotopic (exact) mass is 548 g/mol. The third kappa shape index (κ3) is 6.17. The van der Waals surface area contributed by atoms with E-state index in [1.165, 1.54) is 6.26 Å². The van der Waals surface area contributed by atoms with Gasteiger partial charge in [-0.2, -0.15) is 0 Å². The van der Waals surface area contributed by atoms with Gasteiger partial charge in [0.25, 0.3) is 0 Å². The lowest BCUT2D eigenvalue weighted by Crippen LogP contribution is -2.53. The molecule has 1 saturated heterocycles. The van der Waals surface area contributed by atoms with E-state index in [-0.39, 0.29) is 30.5 Å². The molecule has 2 N–H and O–H groups in total. The number of rotatable bonds is 7. The van der Waals surface area contributed by atoms with Gasteiger partial charge >= 0.3 is 0 Å². The van der Waals surface area contributed by atoms with Crippen LogP contribution in [0.2, 0.25) is 0 Å². The number of ether oxygens (including phenoxy) is 1. The lowest BCUT2D eigenvalue weighted by Gasteiger charge is -2.35. The first-order chi connectivity index (χ1) is 13.9. The SMILES string of the molecule is CCNC(=NCc1coc(-c2ccccc2)n1)NCC1(S(C)(=O)=O)CCOCC1.I. The van der Waals surface area contributed by atoms with E-state index in [0.717, 1.165) is 5.56 Å². The lowest BCUT2D eigenvalue weighted by molar-refractivity contribution is 0.0756. The van der Waals surface area contributed by atoms with Crippen LogP contribution < -0.4 is 10.6 Å². The Bertz CT molecular complexity index is 925. The van der Waals surface area contributed by atoms with Crippen LogP contribution >= 0.6 is 24.0 Å². The molecule has 3 rings (SSSR count). The Kier molecular flexibility index (Phi) is 9.10. The molecule has 30 heavy (non-hydrogen) atoms. The maximum Gasteiger partial charge on any atom is 0.226 e. The first kappa shape index (κ1) is 24.6. The second-order valence-electron chi connectivity index (χ2n) is 7.13. The largest absolute Gasteiger partial charge is 0.444 e. The van der Waals surface area contributed by atoms with E-state index in [0.29, 0.717) is 56.7 Å². The molecule has 2 heterocycles. The Labute approximate surface area is 194 Å². The van der Waals surface area contributed by atoms with Crippen LogP contribution in [0.5, 0.6) is 0 Å². The summed E-state index contributed by atoms with van der Waals surface area (Å²) in [6.07, 6.45) is 3.83. The Balaban J connectivity index is 0.00000320. The van der Waals surface area contributed by atoms with E-state index < -0.39 is 14.6 Å². The number of oxazole rings is 1. The standard InChI is InChI=1S/C20H28N4O4S.HI/c1-3-21-19(23-15-20(29(2,25)26)9-11-27-12-10-20)22-13-17-14-28-18(24-17)16-7-5-4-6-8-16;/h4-8,14H,3,9-13,15H2,1-2H3,(H2,21,22,23);1H. The van der Waals surface area contributed by atoms with Crippen molar-refractivity contribution in [2.24, 2.45) is 4.99 Å². The Morgan fingerprint density at radius 2 is 1.90 bits per heavy atom. The van der Waals surface area contributed by atoms with Crippen molar-refractivity contribution >= 4 is 39.8 Å². The van der Waals surface area contributed by atoms with Crippen LogP contribution in [0.25, 0.3) is 11.5 Å². The molecule has 0 bridgehead atoms. The van der Waals surface area contributed by atoms with Gasteiger partial charge in [0.2, 0.25) is 5.89 Å². The van der Waals surface area contributed by atoms with Gasteiger partial charge in [0, 0.05) is 38.1 Å². The third-order valence-electron chi connectivity index (χ3n) is 5.08. The molecule has 0 saturated carbocycles. The molecule has 1 fully saturated rings. The fourth-order valence-corrected chi connectivity index (χ4v) is 4.50. The molecule has 0 radical (unpaired) electrons. The zero-order valence-corrected chi connectivity index (χ0v) is 20.4. The van der Waals surface area contributed by atoms with Crippen LogP contribution in [-0.2, 0) is 21.1 Å². The van der Waals surface area contributed by atoms with Crippen molar-refractivity contribution in [3.8, 4) is 11.5 Å². The number of hydrogen-bond donors (Lipinski definition) is 2. The molecule has 10 heteroatoms. The minimum absolute atomic E-state index is 0. The fourth-order valence-electron chi connectivity index (χ4n) is 3.26. The number of aliphatic imine (C=N–C) groups is 1. The molecule has 1 aliphatic rings. The zero-order chi connectivity index (χ0) is 20.7. The number of aromatic nitrogens is 1. The number of guanidine groups is 1. The summed E-state index contributed by atoms with van der Waals surface area (Å²) in [6.45, 7) is 4.12. The molecule has 0 unspecified atom stereocenters. The van der Waals surface area contributed by atoms with Crippen molar-refractivity contribution in [3.05, 3.63) is 42.3 Å². The van der Waals surface area contributed by atoms with Crippen molar-refractivity contribution < 1.29 is 17.6 Å². The van der Waals surface area contributed by atoms with Gasteiger partial charge in [-0.3, -0.25) is 0 Å². The number of nitrogens with one attached hydrogen (secondary N) is 2. The zero-order valence-electron chi connectivity index (χ0n) is 17.3. The topological polar surface area (TPSA) is 106 Å². The number of benzene rings is 1. The predicted octanol–water partition coefficient (Wildman–Crippen LogP) is 2.61. The minimum atomic E-state index is -3.25. The van der Waals surface area contributed by atoms with Gasteiger partial charge < -0.3 is 19.8 Å². The van der Waals surface area contributed by atoms with E-state index in [4.69, 9.17) is 9.15 Å². The van der Waals surface area contributed by atoms with Crippen LogP contribution in [0.1, 0.15) is 25.5 Å². The number of hydrogen-bond acceptors (Lipinski definition) is 6. The highest BCUT2D eigenvalue weighted by Crippen LogP contribution is 2.28. The van der Waals surface area contributed by atoms with Gasteiger partial charge in [0.05, 0.1) is 11.3 Å². The predicted molar refractivity (Wildman–Crippen MR) is 128 cm³/mol. The molecule has 8 nitrogen and oxygen atoms in total. The van der Waals surface area contributed by atoms with E-state index >= 15 is 0 Å². The maximum atomic E-state index is 12.4. The lowest BCUT2D eigenvalue weighted by atomic mass is 9.99. The van der Waals surface area contributed by atoms with Gasteiger partial charge in [-0.15, -0.1) is 24.0 Å². The number of halogens is 1. The minimum Gasteiger partial charge on any atom is -0.444 e. The van der Waals surface area contributed by atoms with Crippen LogP contribution in [0.3, 0.4) is 0 Å². The molecule has 2 aromatic rings. The molecular weight excluding hydrogens is 519 g/mol. The smallest absolute Gasteiger partial charge is 0.226 e. The van der Waals surface area contributed by atoms with E-state index in [2.05, 4.69) is 20.6 Å². The molecule has 0 spiro atoms. The average Bonchev–Trinajstić information content (AvgIpc) is 3.20. The summed E-state index contributed by atoms with van der Waals surface area (Å²) >= 11 is 0. The molecule has 1 aliphatic heterocycles. The van der Waals surface area contributed by atoms with Crippen molar-refractivity contribution in [1.29, 1.82) is 0 Å². The third-order valence-corrected chi connectivity index (χ3v) is 7.21. The van der Waals surface area contributed by atoms with Gasteiger partial charge in [-0.05, 0) is 31.9 Å². The summed E-state index contributed by atoms with van der Waals surface area (Å²) in [5.74, 6) is 1.10. The van der Waals surface area contributed by atoms with E-state index in [9.17, 15) is 8.42 Å². The van der Waals surface area contributed by atoms with Crippen molar-refractivity contribution in [2.75, 3.05) is 32.6 Å². The Morgan fingerprint density at radius 3 is 2.53 bits per heavy atom. The second kappa shape index (κ2) is 11.1. The van der Waals surface area contributed by atoms with Gasteiger partial charge in [-0.1, -0.05) is 18.2 Å². The molecular formula is C20H29IN4O4S. The van der Waals surface area contributed by atoms with Crippen LogP contribution in [0, 0.1) is 0 Å². The average molecular weight is 548 g/mol. The summed E-state index contributed by atoms with van der Waals surface area (Å²) in [4.78, 5) is 9.01. The first-order valence-electron chi connectivity index (χ1n) is 9.73. The van der Waals surface area contributed by atoms with Crippen molar-refractivity contribution in [1.82, 2.24) is 15.6 Å². The second-order valence-corrected chi connectivity index (χ2v) is 9.54. The summed E-state index contributed by atoms with van der Waals surface area (Å²) in [7, 11) is -3.25. The Morgan fingerprint density at radius 1 is 1.20 bits per heavy atom. The fraction of sp³-hybridized carbons (Fsp3) is 0.500. The maximum absolute atomic E-state index is 12.4. The normalized spacial score (nSPS) is 16.5. The molecule has 0 amide bonds. The molecule has 1 aromatic heterocycles. The highest BCUT2D eigenvalue weighted by Gasteiger charge is 2.42. The van der Waals surface area contributed by atoms with Gasteiger partial charge in [0.1, 0.15) is 12.0 Å². The van der Waals surface area contributed by atoms with Crippen molar-refractivity contribution in [2.45, 2.75) is 31.1 Å². The Hall–Kier alpha value is -1.66. The van der Waals surface area contributed by atoms with Crippen LogP contribution in [0.4, 0.5) is 0 Å². The van der Waals surface area contributed by atoms with Gasteiger partial charge in [-0.25, -0.2) is 18.4 Å². The first-order valence-corrected chi connectivity index (χ1v) is 11.6. The van der Waals surface area contributed by atoms with E-state index in [1.807, 2.05) is 37.3 Å². The quantitative estimate of drug-likeness (QED) is 0.311. The molecule has 0 atom stereocenters. The van der Waals surface area contributed by atoms with Gasteiger partial charge in [0.15, 0.2) is 15.8 Å². The highest BCUT2D eigenvalue weighted by molar-refractivity contribution is 14.0. The van der Waals surface area contributed by atoms with Crippen LogP contribution in [-0.4, -0.2) is 56.7 Å².